The van der Waals surface area contributed by atoms with Gasteiger partial charge in [0.15, 0.2) is 0 Å². The van der Waals surface area contributed by atoms with Crippen LogP contribution in [0.1, 0.15) is 47.1 Å². The van der Waals surface area contributed by atoms with Gasteiger partial charge in [-0.2, -0.15) is 0 Å². The van der Waals surface area contributed by atoms with E-state index in [9.17, 15) is 0 Å². The standard InChI is InChI=1S/C13H10O.3C2H6/c1-9-6-7-11-10-4-2-3-5-12(10)14-13(11)8-9;3*1-2/h2-8H,1H3;3*1-2H3. The van der Waals surface area contributed by atoms with Crippen molar-refractivity contribution < 1.29 is 4.42 Å². The predicted octanol–water partition coefficient (Wildman–Crippen LogP) is 6.97. The topological polar surface area (TPSA) is 13.1 Å². The summed E-state index contributed by atoms with van der Waals surface area (Å²) in [7, 11) is 0. The highest BCUT2D eigenvalue weighted by Gasteiger charge is 2.04. The van der Waals surface area contributed by atoms with E-state index in [4.69, 9.17) is 4.42 Å². The lowest BCUT2D eigenvalue weighted by molar-refractivity contribution is 0.668. The molecule has 1 nitrogen and oxygen atoms in total. The summed E-state index contributed by atoms with van der Waals surface area (Å²) in [4.78, 5) is 0. The maximum atomic E-state index is 5.73. The normalized spacial score (nSPS) is 8.75. The van der Waals surface area contributed by atoms with E-state index in [0.717, 1.165) is 11.2 Å². The van der Waals surface area contributed by atoms with Crippen molar-refractivity contribution in [1.29, 1.82) is 0 Å². The first kappa shape index (κ1) is 18.2. The number of furan rings is 1. The molecule has 0 spiro atoms. The Balaban J connectivity index is 0.000000538. The van der Waals surface area contributed by atoms with Crippen LogP contribution in [0.25, 0.3) is 21.9 Å². The van der Waals surface area contributed by atoms with Crippen LogP contribution >= 0.6 is 0 Å². The molecule has 0 amide bonds. The minimum absolute atomic E-state index is 0.966. The molecular weight excluding hydrogens is 244 g/mol. The molecule has 1 aromatic heterocycles. The Bertz CT molecular complexity index is 605. The van der Waals surface area contributed by atoms with Crippen LogP contribution in [0.15, 0.2) is 46.9 Å². The molecule has 1 heteroatoms. The number of fused-ring (bicyclic) bond motifs is 3. The molecule has 0 aliphatic carbocycles. The van der Waals surface area contributed by atoms with Crippen molar-refractivity contribution in [3.8, 4) is 0 Å². The molecule has 0 bridgehead atoms. The average molecular weight is 272 g/mol. The first-order valence-corrected chi connectivity index (χ1v) is 7.72. The third kappa shape index (κ3) is 4.12. The molecule has 0 aliphatic heterocycles. The second-order valence-electron chi connectivity index (χ2n) is 3.60. The molecular formula is C19H28O. The van der Waals surface area contributed by atoms with Gasteiger partial charge < -0.3 is 4.42 Å². The van der Waals surface area contributed by atoms with Crippen molar-refractivity contribution in [3.05, 3.63) is 48.0 Å². The van der Waals surface area contributed by atoms with Gasteiger partial charge in [0.2, 0.25) is 0 Å². The van der Waals surface area contributed by atoms with Gasteiger partial charge in [-0.3, -0.25) is 0 Å². The zero-order valence-corrected chi connectivity index (χ0v) is 13.9. The fourth-order valence-electron chi connectivity index (χ4n) is 1.83. The summed E-state index contributed by atoms with van der Waals surface area (Å²) >= 11 is 0. The van der Waals surface area contributed by atoms with Crippen LogP contribution < -0.4 is 0 Å². The quantitative estimate of drug-likeness (QED) is 0.430. The Labute approximate surface area is 123 Å². The number of benzene rings is 2. The summed E-state index contributed by atoms with van der Waals surface area (Å²) in [5, 5.41) is 2.40. The maximum Gasteiger partial charge on any atom is 0.135 e. The van der Waals surface area contributed by atoms with Gasteiger partial charge in [-0.15, -0.1) is 0 Å². The van der Waals surface area contributed by atoms with Gasteiger partial charge in [0, 0.05) is 10.8 Å². The summed E-state index contributed by atoms with van der Waals surface area (Å²) in [5.41, 5.74) is 3.18. The molecule has 2 aromatic carbocycles. The summed E-state index contributed by atoms with van der Waals surface area (Å²) < 4.78 is 5.73. The van der Waals surface area contributed by atoms with E-state index in [0.29, 0.717) is 0 Å². The van der Waals surface area contributed by atoms with Crippen molar-refractivity contribution in [1.82, 2.24) is 0 Å². The van der Waals surface area contributed by atoms with Crippen LogP contribution in [-0.4, -0.2) is 0 Å². The monoisotopic (exact) mass is 272 g/mol. The molecule has 110 valence electrons. The molecule has 0 saturated carbocycles. The van der Waals surface area contributed by atoms with E-state index in [1.165, 1.54) is 16.3 Å². The molecule has 0 N–H and O–H groups in total. The van der Waals surface area contributed by atoms with Gasteiger partial charge in [0.1, 0.15) is 11.2 Å². The lowest BCUT2D eigenvalue weighted by Crippen LogP contribution is -1.69. The van der Waals surface area contributed by atoms with Gasteiger partial charge >= 0.3 is 0 Å². The molecule has 0 fully saturated rings. The molecule has 0 aliphatic rings. The van der Waals surface area contributed by atoms with Crippen molar-refractivity contribution in [2.75, 3.05) is 0 Å². The van der Waals surface area contributed by atoms with Crippen LogP contribution in [-0.2, 0) is 0 Å². The van der Waals surface area contributed by atoms with E-state index >= 15 is 0 Å². The smallest absolute Gasteiger partial charge is 0.135 e. The Morgan fingerprint density at radius 3 is 1.85 bits per heavy atom. The Hall–Kier alpha value is -1.76. The largest absolute Gasteiger partial charge is 0.456 e. The molecule has 3 aromatic rings. The highest BCUT2D eigenvalue weighted by molar-refractivity contribution is 6.04. The van der Waals surface area contributed by atoms with E-state index in [-0.39, 0.29) is 0 Å². The van der Waals surface area contributed by atoms with Crippen molar-refractivity contribution in [3.63, 3.8) is 0 Å². The number of para-hydroxylation sites is 1. The van der Waals surface area contributed by atoms with Gasteiger partial charge in [0.25, 0.3) is 0 Å². The molecule has 0 radical (unpaired) electrons. The summed E-state index contributed by atoms with van der Waals surface area (Å²) in [6.45, 7) is 14.1. The number of aryl methyl sites for hydroxylation is 1. The third-order valence-electron chi connectivity index (χ3n) is 2.53. The van der Waals surface area contributed by atoms with Crippen LogP contribution in [0.2, 0.25) is 0 Å². The van der Waals surface area contributed by atoms with Gasteiger partial charge in [-0.25, -0.2) is 0 Å². The lowest BCUT2D eigenvalue weighted by Gasteiger charge is -1.90. The van der Waals surface area contributed by atoms with E-state index in [1.807, 2.05) is 59.7 Å². The predicted molar refractivity (Wildman–Crippen MR) is 92.5 cm³/mol. The van der Waals surface area contributed by atoms with Gasteiger partial charge in [-0.1, -0.05) is 71.9 Å². The summed E-state index contributed by atoms with van der Waals surface area (Å²) in [5.74, 6) is 0. The zero-order chi connectivity index (χ0) is 15.5. The maximum absolute atomic E-state index is 5.73. The third-order valence-corrected chi connectivity index (χ3v) is 2.53. The highest BCUT2D eigenvalue weighted by Crippen LogP contribution is 2.28. The molecule has 20 heavy (non-hydrogen) atoms. The second kappa shape index (κ2) is 10.1. The first-order chi connectivity index (χ1) is 9.84. The molecule has 0 unspecified atom stereocenters. The minimum Gasteiger partial charge on any atom is -0.456 e. The number of hydrogen-bond acceptors (Lipinski definition) is 1. The Morgan fingerprint density at radius 1 is 0.650 bits per heavy atom. The van der Waals surface area contributed by atoms with E-state index in [2.05, 4.69) is 31.2 Å². The zero-order valence-electron chi connectivity index (χ0n) is 13.9. The van der Waals surface area contributed by atoms with Crippen LogP contribution in [0.4, 0.5) is 0 Å². The van der Waals surface area contributed by atoms with Crippen LogP contribution in [0.3, 0.4) is 0 Å². The lowest BCUT2D eigenvalue weighted by atomic mass is 10.1. The van der Waals surface area contributed by atoms with E-state index in [1.54, 1.807) is 0 Å². The molecule has 3 rings (SSSR count). The highest BCUT2D eigenvalue weighted by atomic mass is 16.3. The molecule has 0 saturated heterocycles. The van der Waals surface area contributed by atoms with Crippen LogP contribution in [0.5, 0.6) is 0 Å². The average Bonchev–Trinajstić information content (AvgIpc) is 2.90. The van der Waals surface area contributed by atoms with Crippen molar-refractivity contribution >= 4 is 21.9 Å². The number of rotatable bonds is 0. The summed E-state index contributed by atoms with van der Waals surface area (Å²) in [6.07, 6.45) is 0. The fraction of sp³-hybridized carbons (Fsp3) is 0.368. The molecule has 1 heterocycles. The van der Waals surface area contributed by atoms with Gasteiger partial charge in [-0.05, 0) is 24.6 Å². The SMILES string of the molecule is CC.CC.CC.Cc1ccc2c(c1)oc1ccccc12. The fourth-order valence-corrected chi connectivity index (χ4v) is 1.83. The van der Waals surface area contributed by atoms with E-state index < -0.39 is 0 Å². The first-order valence-electron chi connectivity index (χ1n) is 7.72. The number of hydrogen-bond donors (Lipinski definition) is 0. The second-order valence-corrected chi connectivity index (χ2v) is 3.60. The molecule has 0 atom stereocenters. The summed E-state index contributed by atoms with van der Waals surface area (Å²) in [6, 6.07) is 14.5. The van der Waals surface area contributed by atoms with Gasteiger partial charge in [0.05, 0.1) is 0 Å². The van der Waals surface area contributed by atoms with Crippen molar-refractivity contribution in [2.45, 2.75) is 48.5 Å². The Morgan fingerprint density at radius 2 is 1.20 bits per heavy atom. The van der Waals surface area contributed by atoms with Crippen LogP contribution in [0, 0.1) is 6.92 Å². The Kier molecular flexibility index (Phi) is 9.19. The minimum atomic E-state index is 0.966. The van der Waals surface area contributed by atoms with Crippen molar-refractivity contribution in [2.24, 2.45) is 0 Å².